The van der Waals surface area contributed by atoms with Crippen LogP contribution in [0.5, 0.6) is 0 Å². The van der Waals surface area contributed by atoms with Crippen LogP contribution in [-0.2, 0) is 11.4 Å². The summed E-state index contributed by atoms with van der Waals surface area (Å²) in [5, 5.41) is 11.1. The summed E-state index contributed by atoms with van der Waals surface area (Å²) >= 11 is 1.30. The SMILES string of the molecule is O=NOC(=O)c1ccncc1Sc1ccc(CO)cc1. The van der Waals surface area contributed by atoms with Gasteiger partial charge in [-0.25, -0.2) is 4.79 Å². The zero-order valence-electron chi connectivity index (χ0n) is 10.2. The molecule has 0 atom stereocenters. The van der Waals surface area contributed by atoms with Crippen LogP contribution in [0.3, 0.4) is 0 Å². The van der Waals surface area contributed by atoms with Crippen LogP contribution >= 0.6 is 11.8 Å². The number of nitrogens with zero attached hydrogens (tertiary/aromatic N) is 2. The molecule has 7 heteroatoms. The molecule has 0 spiro atoms. The first-order chi connectivity index (χ1) is 9.74. The average Bonchev–Trinajstić information content (AvgIpc) is 2.49. The second kappa shape index (κ2) is 6.78. The largest absolute Gasteiger partial charge is 0.392 e. The monoisotopic (exact) mass is 290 g/mol. The summed E-state index contributed by atoms with van der Waals surface area (Å²) < 4.78 is 0. The van der Waals surface area contributed by atoms with E-state index in [4.69, 9.17) is 5.11 Å². The Bertz CT molecular complexity index is 616. The molecule has 0 saturated heterocycles. The fourth-order valence-electron chi connectivity index (χ4n) is 1.50. The minimum atomic E-state index is -0.822. The molecule has 0 aliphatic rings. The van der Waals surface area contributed by atoms with Crippen molar-refractivity contribution in [1.82, 2.24) is 4.98 Å². The average molecular weight is 290 g/mol. The first-order valence-electron chi connectivity index (χ1n) is 5.60. The van der Waals surface area contributed by atoms with E-state index in [2.05, 4.69) is 15.2 Å². The maximum atomic E-state index is 11.6. The van der Waals surface area contributed by atoms with E-state index >= 15 is 0 Å². The standard InChI is InChI=1S/C13H10N2O4S/c16-8-9-1-3-10(4-2-9)20-12-7-14-6-5-11(12)13(17)19-15-18/h1-7,16H,8H2. The lowest BCUT2D eigenvalue weighted by Crippen LogP contribution is -2.02. The third kappa shape index (κ3) is 3.40. The number of pyridine rings is 1. The summed E-state index contributed by atoms with van der Waals surface area (Å²) in [6.45, 7) is -0.0274. The van der Waals surface area contributed by atoms with Gasteiger partial charge in [-0.1, -0.05) is 23.9 Å². The Morgan fingerprint density at radius 1 is 1.30 bits per heavy atom. The van der Waals surface area contributed by atoms with Gasteiger partial charge < -0.3 is 5.11 Å². The number of aliphatic hydroxyl groups is 1. The van der Waals surface area contributed by atoms with E-state index in [0.29, 0.717) is 4.90 Å². The molecule has 1 aromatic heterocycles. The number of carbonyl (C=O) groups is 1. The van der Waals surface area contributed by atoms with Gasteiger partial charge in [0.2, 0.25) is 0 Å². The third-order valence-electron chi connectivity index (χ3n) is 2.46. The van der Waals surface area contributed by atoms with Gasteiger partial charge in [-0.05, 0) is 23.8 Å². The van der Waals surface area contributed by atoms with E-state index in [1.165, 1.54) is 30.2 Å². The molecule has 2 aromatic rings. The number of aliphatic hydroxyl groups excluding tert-OH is 1. The molecule has 1 aromatic carbocycles. The number of rotatable bonds is 5. The van der Waals surface area contributed by atoms with Crippen LogP contribution < -0.4 is 0 Å². The highest BCUT2D eigenvalue weighted by molar-refractivity contribution is 7.99. The van der Waals surface area contributed by atoms with E-state index < -0.39 is 5.97 Å². The van der Waals surface area contributed by atoms with Crippen molar-refractivity contribution in [2.24, 2.45) is 5.34 Å². The summed E-state index contributed by atoms with van der Waals surface area (Å²) in [7, 11) is 0. The topological polar surface area (TPSA) is 88.9 Å². The van der Waals surface area contributed by atoms with Crippen molar-refractivity contribution in [2.75, 3.05) is 0 Å². The summed E-state index contributed by atoms with van der Waals surface area (Å²) in [6, 6.07) is 8.65. The predicted molar refractivity (Wildman–Crippen MR) is 71.9 cm³/mol. The Kier molecular flexibility index (Phi) is 4.80. The number of carbonyl (C=O) groups excluding carboxylic acids is 1. The van der Waals surface area contributed by atoms with E-state index in [0.717, 1.165) is 10.5 Å². The van der Waals surface area contributed by atoms with Gasteiger partial charge in [-0.15, -0.1) is 4.91 Å². The molecule has 0 aliphatic heterocycles. The van der Waals surface area contributed by atoms with Crippen molar-refractivity contribution in [1.29, 1.82) is 0 Å². The zero-order chi connectivity index (χ0) is 14.4. The predicted octanol–water partition coefficient (Wildman–Crippen LogP) is 2.56. The van der Waals surface area contributed by atoms with Crippen molar-refractivity contribution in [3.05, 3.63) is 58.8 Å². The number of aromatic nitrogens is 1. The van der Waals surface area contributed by atoms with Gasteiger partial charge in [-0.3, -0.25) is 9.82 Å². The van der Waals surface area contributed by atoms with Gasteiger partial charge in [-0.2, -0.15) is 0 Å². The minimum absolute atomic E-state index is 0.0274. The lowest BCUT2D eigenvalue weighted by atomic mass is 10.2. The first-order valence-corrected chi connectivity index (χ1v) is 6.42. The lowest BCUT2D eigenvalue weighted by molar-refractivity contribution is 0.0504. The molecule has 1 N–H and O–H groups in total. The molecule has 0 amide bonds. The van der Waals surface area contributed by atoms with Crippen molar-refractivity contribution < 1.29 is 14.7 Å². The van der Waals surface area contributed by atoms with Crippen LogP contribution in [0.25, 0.3) is 0 Å². The molecule has 20 heavy (non-hydrogen) atoms. The zero-order valence-corrected chi connectivity index (χ0v) is 11.0. The van der Waals surface area contributed by atoms with Crippen LogP contribution in [-0.4, -0.2) is 16.1 Å². The highest BCUT2D eigenvalue weighted by Crippen LogP contribution is 2.30. The Hall–Kier alpha value is -2.25. The molecule has 1 heterocycles. The molecule has 0 unspecified atom stereocenters. The summed E-state index contributed by atoms with van der Waals surface area (Å²) in [4.78, 5) is 31.0. The van der Waals surface area contributed by atoms with Crippen molar-refractivity contribution in [2.45, 2.75) is 16.4 Å². The lowest BCUT2D eigenvalue weighted by Gasteiger charge is -2.06. The minimum Gasteiger partial charge on any atom is -0.392 e. The summed E-state index contributed by atoms with van der Waals surface area (Å²) in [5.74, 6) is -0.822. The van der Waals surface area contributed by atoms with Gasteiger partial charge in [0.05, 0.1) is 12.2 Å². The van der Waals surface area contributed by atoms with Crippen molar-refractivity contribution in [3.63, 3.8) is 0 Å². The second-order valence-corrected chi connectivity index (χ2v) is 4.84. The molecule has 0 saturated carbocycles. The highest BCUT2D eigenvalue weighted by atomic mass is 32.2. The Morgan fingerprint density at radius 3 is 2.70 bits per heavy atom. The molecule has 2 rings (SSSR count). The van der Waals surface area contributed by atoms with Crippen LogP contribution in [0, 0.1) is 4.91 Å². The van der Waals surface area contributed by atoms with E-state index in [-0.39, 0.29) is 12.2 Å². The quantitative estimate of drug-likeness (QED) is 0.672. The maximum Gasteiger partial charge on any atom is 0.370 e. The van der Waals surface area contributed by atoms with Crippen LogP contribution in [0.4, 0.5) is 0 Å². The fraction of sp³-hybridized carbons (Fsp3) is 0.0769. The summed E-state index contributed by atoms with van der Waals surface area (Å²) in [6.07, 6.45) is 2.94. The number of benzene rings is 1. The van der Waals surface area contributed by atoms with E-state index in [1.807, 2.05) is 12.1 Å². The molecule has 0 radical (unpaired) electrons. The second-order valence-electron chi connectivity index (χ2n) is 3.73. The molecular formula is C13H10N2O4S. The molecule has 102 valence electrons. The Morgan fingerprint density at radius 2 is 2.05 bits per heavy atom. The maximum absolute atomic E-state index is 11.6. The Balaban J connectivity index is 2.23. The smallest absolute Gasteiger partial charge is 0.370 e. The number of hydrogen-bond donors (Lipinski definition) is 1. The number of hydrogen-bond acceptors (Lipinski definition) is 7. The van der Waals surface area contributed by atoms with E-state index in [9.17, 15) is 9.70 Å². The fourth-order valence-corrected chi connectivity index (χ4v) is 2.40. The molecule has 0 fully saturated rings. The highest BCUT2D eigenvalue weighted by Gasteiger charge is 2.14. The normalized spacial score (nSPS) is 10.1. The summed E-state index contributed by atoms with van der Waals surface area (Å²) in [5.41, 5.74) is 1.01. The third-order valence-corrected chi connectivity index (χ3v) is 3.51. The van der Waals surface area contributed by atoms with Gasteiger partial charge >= 0.3 is 5.97 Å². The Labute approximate surface area is 118 Å². The van der Waals surface area contributed by atoms with Crippen molar-refractivity contribution >= 4 is 17.7 Å². The van der Waals surface area contributed by atoms with Crippen molar-refractivity contribution in [3.8, 4) is 0 Å². The van der Waals surface area contributed by atoms with Crippen LogP contribution in [0.15, 0.2) is 57.9 Å². The molecule has 0 bridgehead atoms. The molecule has 6 nitrogen and oxygen atoms in total. The van der Waals surface area contributed by atoms with Gasteiger partial charge in [0.1, 0.15) is 0 Å². The van der Waals surface area contributed by atoms with Crippen LogP contribution in [0.1, 0.15) is 15.9 Å². The molecular weight excluding hydrogens is 280 g/mol. The van der Waals surface area contributed by atoms with E-state index in [1.54, 1.807) is 12.1 Å². The van der Waals surface area contributed by atoms with Gasteiger partial charge in [0.15, 0.2) is 5.34 Å². The van der Waals surface area contributed by atoms with Gasteiger partial charge in [0, 0.05) is 22.2 Å². The molecule has 0 aliphatic carbocycles. The first kappa shape index (κ1) is 14.2. The van der Waals surface area contributed by atoms with Crippen LogP contribution in [0.2, 0.25) is 0 Å². The van der Waals surface area contributed by atoms with Gasteiger partial charge in [0.25, 0.3) is 0 Å².